The van der Waals surface area contributed by atoms with E-state index in [2.05, 4.69) is 33.8 Å². The first-order valence-electron chi connectivity index (χ1n) is 9.89. The highest BCUT2D eigenvalue weighted by molar-refractivity contribution is 7.19. The Morgan fingerprint density at radius 1 is 1.03 bits per heavy atom. The molecular formula is C24H18FN5OS. The fourth-order valence-electron chi connectivity index (χ4n) is 3.43. The number of aromatic nitrogens is 3. The van der Waals surface area contributed by atoms with E-state index in [4.69, 9.17) is 5.73 Å². The van der Waals surface area contributed by atoms with Crippen LogP contribution in [0.15, 0.2) is 79.0 Å². The minimum absolute atomic E-state index is 0.192. The maximum atomic E-state index is 13.2. The van der Waals surface area contributed by atoms with Crippen molar-refractivity contribution in [2.75, 3.05) is 11.1 Å². The first kappa shape index (κ1) is 19.9. The summed E-state index contributed by atoms with van der Waals surface area (Å²) in [5.41, 5.74) is 8.74. The Bertz CT molecular complexity index is 1390. The smallest absolute Gasteiger partial charge is 0.277 e. The summed E-state index contributed by atoms with van der Waals surface area (Å²) < 4.78 is 16.1. The van der Waals surface area contributed by atoms with Crippen molar-refractivity contribution in [1.82, 2.24) is 15.0 Å². The SMILES string of the molecule is Nc1ccc(-c2ccc(F)cc2)cc1NC(=O)c1cn(Cc2cc3ccccc3s2)nn1. The van der Waals surface area contributed by atoms with Gasteiger partial charge in [0.05, 0.1) is 24.1 Å². The van der Waals surface area contributed by atoms with Gasteiger partial charge in [-0.2, -0.15) is 0 Å². The number of nitrogen functional groups attached to an aromatic ring is 1. The number of amides is 1. The second kappa shape index (κ2) is 8.24. The van der Waals surface area contributed by atoms with Crippen LogP contribution in [0.25, 0.3) is 21.2 Å². The van der Waals surface area contributed by atoms with E-state index in [0.717, 1.165) is 16.0 Å². The molecule has 0 saturated heterocycles. The Morgan fingerprint density at radius 3 is 2.62 bits per heavy atom. The monoisotopic (exact) mass is 443 g/mol. The molecule has 5 rings (SSSR count). The number of benzene rings is 3. The average Bonchev–Trinajstić information content (AvgIpc) is 3.42. The highest BCUT2D eigenvalue weighted by Crippen LogP contribution is 2.28. The lowest BCUT2D eigenvalue weighted by atomic mass is 10.0. The summed E-state index contributed by atoms with van der Waals surface area (Å²) in [6.07, 6.45) is 1.61. The quantitative estimate of drug-likeness (QED) is 0.367. The lowest BCUT2D eigenvalue weighted by Crippen LogP contribution is -2.13. The van der Waals surface area contributed by atoms with E-state index in [-0.39, 0.29) is 11.5 Å². The van der Waals surface area contributed by atoms with Gasteiger partial charge in [0.15, 0.2) is 5.69 Å². The van der Waals surface area contributed by atoms with Crippen LogP contribution in [0.5, 0.6) is 0 Å². The van der Waals surface area contributed by atoms with Gasteiger partial charge in [0.25, 0.3) is 5.91 Å². The summed E-state index contributed by atoms with van der Waals surface area (Å²) in [5.74, 6) is -0.716. The van der Waals surface area contributed by atoms with Gasteiger partial charge >= 0.3 is 0 Å². The molecule has 6 nitrogen and oxygen atoms in total. The molecule has 3 N–H and O–H groups in total. The van der Waals surface area contributed by atoms with Gasteiger partial charge in [0.1, 0.15) is 5.82 Å². The van der Waals surface area contributed by atoms with Crippen LogP contribution in [0.2, 0.25) is 0 Å². The van der Waals surface area contributed by atoms with Crippen molar-refractivity contribution in [3.8, 4) is 11.1 Å². The predicted octanol–water partition coefficient (Wildman–Crippen LogP) is 5.18. The number of fused-ring (bicyclic) bond motifs is 1. The normalized spacial score (nSPS) is 11.0. The molecule has 3 aromatic carbocycles. The number of halogens is 1. The molecule has 0 aliphatic heterocycles. The number of thiophene rings is 1. The zero-order chi connectivity index (χ0) is 22.1. The van der Waals surface area contributed by atoms with Gasteiger partial charge in [-0.15, -0.1) is 16.4 Å². The third kappa shape index (κ3) is 4.08. The van der Waals surface area contributed by atoms with Crippen molar-refractivity contribution in [1.29, 1.82) is 0 Å². The number of nitrogens with two attached hydrogens (primary N) is 1. The summed E-state index contributed by atoms with van der Waals surface area (Å²) in [4.78, 5) is 13.9. The highest BCUT2D eigenvalue weighted by Gasteiger charge is 2.14. The topological polar surface area (TPSA) is 85.8 Å². The molecule has 5 aromatic rings. The predicted molar refractivity (Wildman–Crippen MR) is 125 cm³/mol. The second-order valence-electron chi connectivity index (χ2n) is 7.31. The summed E-state index contributed by atoms with van der Waals surface area (Å²) >= 11 is 1.69. The average molecular weight is 444 g/mol. The zero-order valence-corrected chi connectivity index (χ0v) is 17.6. The van der Waals surface area contributed by atoms with Gasteiger partial charge in [-0.05, 0) is 52.9 Å². The Kier molecular flexibility index (Phi) is 5.12. The van der Waals surface area contributed by atoms with Crippen LogP contribution in [0.1, 0.15) is 15.4 Å². The summed E-state index contributed by atoms with van der Waals surface area (Å²) in [6.45, 7) is 0.530. The highest BCUT2D eigenvalue weighted by atomic mass is 32.1. The number of anilines is 2. The molecule has 32 heavy (non-hydrogen) atoms. The summed E-state index contributed by atoms with van der Waals surface area (Å²) in [5, 5.41) is 12.1. The van der Waals surface area contributed by atoms with Crippen molar-refractivity contribution >= 4 is 38.7 Å². The van der Waals surface area contributed by atoms with Gasteiger partial charge in [0, 0.05) is 9.58 Å². The van der Waals surface area contributed by atoms with Gasteiger partial charge in [-0.25, -0.2) is 9.07 Å². The standard InChI is InChI=1S/C24H18FN5OS/c25-18-8-5-15(6-9-18)16-7-10-20(26)21(12-16)27-24(31)22-14-30(29-28-22)13-19-11-17-3-1-2-4-23(17)32-19/h1-12,14H,13,26H2,(H,27,31). The van der Waals surface area contributed by atoms with Gasteiger partial charge in [0.2, 0.25) is 0 Å². The first-order valence-corrected chi connectivity index (χ1v) is 10.7. The van der Waals surface area contributed by atoms with Gasteiger partial charge in [-0.1, -0.05) is 41.6 Å². The van der Waals surface area contributed by atoms with E-state index in [1.807, 2.05) is 18.2 Å². The van der Waals surface area contributed by atoms with E-state index < -0.39 is 5.91 Å². The van der Waals surface area contributed by atoms with E-state index in [1.165, 1.54) is 22.2 Å². The molecule has 2 heterocycles. The molecule has 0 radical (unpaired) electrons. The molecule has 0 aliphatic rings. The van der Waals surface area contributed by atoms with Crippen LogP contribution in [0.4, 0.5) is 15.8 Å². The van der Waals surface area contributed by atoms with Crippen molar-refractivity contribution < 1.29 is 9.18 Å². The maximum absolute atomic E-state index is 13.2. The number of hydrogen-bond acceptors (Lipinski definition) is 5. The Balaban J connectivity index is 1.32. The zero-order valence-electron chi connectivity index (χ0n) is 16.8. The maximum Gasteiger partial charge on any atom is 0.277 e. The van der Waals surface area contributed by atoms with Crippen LogP contribution in [0.3, 0.4) is 0 Å². The van der Waals surface area contributed by atoms with Gasteiger partial charge in [-0.3, -0.25) is 4.79 Å². The number of hydrogen-bond donors (Lipinski definition) is 2. The summed E-state index contributed by atoms with van der Waals surface area (Å²) in [6, 6.07) is 21.7. The third-order valence-electron chi connectivity index (χ3n) is 5.04. The molecule has 0 unspecified atom stereocenters. The Morgan fingerprint density at radius 2 is 1.81 bits per heavy atom. The van der Waals surface area contributed by atoms with E-state index >= 15 is 0 Å². The van der Waals surface area contributed by atoms with E-state index in [0.29, 0.717) is 17.9 Å². The molecule has 2 aromatic heterocycles. The molecule has 0 saturated carbocycles. The molecule has 0 atom stereocenters. The molecule has 0 aliphatic carbocycles. The molecule has 0 bridgehead atoms. The van der Waals surface area contributed by atoms with Crippen molar-refractivity contribution in [3.63, 3.8) is 0 Å². The van der Waals surface area contributed by atoms with E-state index in [9.17, 15) is 9.18 Å². The number of carbonyl (C=O) groups excluding carboxylic acids is 1. The Hall–Kier alpha value is -4.04. The van der Waals surface area contributed by atoms with Crippen molar-refractivity contribution in [2.45, 2.75) is 6.54 Å². The molecule has 0 fully saturated rings. The number of nitrogens with one attached hydrogen (secondary N) is 1. The van der Waals surface area contributed by atoms with Crippen LogP contribution in [0, 0.1) is 5.82 Å². The lowest BCUT2D eigenvalue weighted by Gasteiger charge is -2.10. The first-order chi connectivity index (χ1) is 15.5. The molecule has 158 valence electrons. The molecular weight excluding hydrogens is 425 g/mol. The number of carbonyl (C=O) groups is 1. The Labute approximate surface area is 187 Å². The van der Waals surface area contributed by atoms with E-state index in [1.54, 1.807) is 46.5 Å². The van der Waals surface area contributed by atoms with Crippen LogP contribution < -0.4 is 11.1 Å². The molecule has 8 heteroatoms. The minimum Gasteiger partial charge on any atom is -0.397 e. The van der Waals surface area contributed by atoms with Crippen LogP contribution >= 0.6 is 11.3 Å². The van der Waals surface area contributed by atoms with Crippen molar-refractivity contribution in [2.24, 2.45) is 0 Å². The largest absolute Gasteiger partial charge is 0.397 e. The second-order valence-corrected chi connectivity index (χ2v) is 8.48. The molecule has 0 spiro atoms. The van der Waals surface area contributed by atoms with Crippen LogP contribution in [-0.2, 0) is 6.54 Å². The van der Waals surface area contributed by atoms with Gasteiger partial charge < -0.3 is 11.1 Å². The lowest BCUT2D eigenvalue weighted by molar-refractivity contribution is 0.102. The fourth-order valence-corrected chi connectivity index (χ4v) is 4.48. The third-order valence-corrected chi connectivity index (χ3v) is 6.15. The fraction of sp³-hybridized carbons (Fsp3) is 0.0417. The number of rotatable bonds is 5. The van der Waals surface area contributed by atoms with Crippen molar-refractivity contribution in [3.05, 3.63) is 95.4 Å². The van der Waals surface area contributed by atoms with Crippen LogP contribution in [-0.4, -0.2) is 20.9 Å². The summed E-state index contributed by atoms with van der Waals surface area (Å²) in [7, 11) is 0. The number of nitrogens with zero attached hydrogens (tertiary/aromatic N) is 3. The molecule has 1 amide bonds. The minimum atomic E-state index is -0.407.